The molecule has 0 aromatic carbocycles. The first-order valence-corrected chi connectivity index (χ1v) is 7.54. The van der Waals surface area contributed by atoms with E-state index in [-0.39, 0.29) is 5.70 Å². The molecule has 1 heterocycles. The molecule has 2 unspecified atom stereocenters. The Kier molecular flexibility index (Phi) is 4.28. The fraction of sp³-hybridized carbons (Fsp3) is 0.778. The second-order valence-electron chi connectivity index (χ2n) is 3.57. The zero-order valence-corrected chi connectivity index (χ0v) is 11.3. The minimum atomic E-state index is -3.49. The number of hydrogen-bond donors (Lipinski definition) is 2. The molecule has 0 saturated heterocycles. The Morgan fingerprint density at radius 3 is 2.25 bits per heavy atom. The van der Waals surface area contributed by atoms with Crippen molar-refractivity contribution >= 4 is 21.8 Å². The van der Waals surface area contributed by atoms with E-state index in [9.17, 15) is 13.5 Å². The summed E-state index contributed by atoms with van der Waals surface area (Å²) in [6.07, 6.45) is -1.10. The molecule has 3 N–H and O–H groups in total. The molecule has 0 amide bonds. The van der Waals surface area contributed by atoms with Gasteiger partial charge in [0.25, 0.3) is 0 Å². The van der Waals surface area contributed by atoms with Gasteiger partial charge >= 0.3 is 0 Å². The third-order valence-corrected chi connectivity index (χ3v) is 6.81. The molecule has 7 heteroatoms. The van der Waals surface area contributed by atoms with Gasteiger partial charge < -0.3 is 10.8 Å². The third kappa shape index (κ3) is 2.22. The van der Waals surface area contributed by atoms with E-state index in [0.717, 1.165) is 11.8 Å². The van der Waals surface area contributed by atoms with Crippen LogP contribution in [-0.2, 0) is 10.0 Å². The highest BCUT2D eigenvalue weighted by Crippen LogP contribution is 2.39. The fourth-order valence-electron chi connectivity index (χ4n) is 1.62. The summed E-state index contributed by atoms with van der Waals surface area (Å²) in [6.45, 7) is 6.08. The molecule has 0 aliphatic carbocycles. The van der Waals surface area contributed by atoms with Gasteiger partial charge in [-0.3, -0.25) is 0 Å². The smallest absolute Gasteiger partial charge is 0.229 e. The van der Waals surface area contributed by atoms with E-state index in [1.807, 2.05) is 0 Å². The van der Waals surface area contributed by atoms with Crippen LogP contribution in [0.25, 0.3) is 0 Å². The van der Waals surface area contributed by atoms with E-state index >= 15 is 0 Å². The maximum atomic E-state index is 12.2. The minimum Gasteiger partial charge on any atom is -0.399 e. The topological polar surface area (TPSA) is 83.6 Å². The van der Waals surface area contributed by atoms with Gasteiger partial charge in [-0.25, -0.2) is 12.7 Å². The number of rotatable bonds is 4. The van der Waals surface area contributed by atoms with Crippen molar-refractivity contribution in [2.45, 2.75) is 31.5 Å². The molecule has 1 rings (SSSR count). The van der Waals surface area contributed by atoms with Crippen LogP contribution in [0.5, 0.6) is 0 Å². The molecular weight excluding hydrogens is 248 g/mol. The number of hydrogen-bond acceptors (Lipinski definition) is 5. The van der Waals surface area contributed by atoms with Crippen LogP contribution in [0.2, 0.25) is 0 Å². The largest absolute Gasteiger partial charge is 0.399 e. The normalized spacial score (nSPS) is 26.8. The number of sulfonamides is 1. The summed E-state index contributed by atoms with van der Waals surface area (Å²) in [5, 5.41) is 9.79. The predicted octanol–water partition coefficient (Wildman–Crippen LogP) is 0.282. The summed E-state index contributed by atoms with van der Waals surface area (Å²) < 4.78 is 24.8. The van der Waals surface area contributed by atoms with Gasteiger partial charge in [0, 0.05) is 23.7 Å². The van der Waals surface area contributed by atoms with Crippen LogP contribution in [-0.4, -0.2) is 41.6 Å². The van der Waals surface area contributed by atoms with E-state index in [1.54, 1.807) is 20.8 Å². The lowest BCUT2D eigenvalue weighted by Crippen LogP contribution is -2.42. The second-order valence-corrected chi connectivity index (χ2v) is 7.28. The predicted molar refractivity (Wildman–Crippen MR) is 66.1 cm³/mol. The summed E-state index contributed by atoms with van der Waals surface area (Å²) in [7, 11) is -3.49. The zero-order valence-electron chi connectivity index (χ0n) is 9.67. The number of aliphatic hydroxyl groups is 1. The van der Waals surface area contributed by atoms with Crippen LogP contribution in [0.15, 0.2) is 10.6 Å². The number of nitrogens with two attached hydrogens (primary N) is 1. The van der Waals surface area contributed by atoms with Crippen molar-refractivity contribution in [3.8, 4) is 0 Å². The van der Waals surface area contributed by atoms with Crippen LogP contribution in [0.1, 0.15) is 20.8 Å². The van der Waals surface area contributed by atoms with Crippen LogP contribution >= 0.6 is 11.8 Å². The molecule has 94 valence electrons. The standard InChI is InChI=1S/C9H18N2O3S2/c1-4-11(5-2)16(13,14)9-8(12)7(10)6(3)15-9/h8-9,12H,4-5,10H2,1-3H3. The first kappa shape index (κ1) is 13.8. The lowest BCUT2D eigenvalue weighted by molar-refractivity contribution is 0.223. The Bertz CT molecular complexity index is 388. The molecule has 0 radical (unpaired) electrons. The maximum Gasteiger partial charge on any atom is 0.229 e. The Labute approximate surface area is 101 Å². The van der Waals surface area contributed by atoms with Crippen LogP contribution in [0, 0.1) is 0 Å². The molecule has 0 aromatic rings. The van der Waals surface area contributed by atoms with Gasteiger partial charge in [0.15, 0.2) is 4.58 Å². The van der Waals surface area contributed by atoms with Gasteiger partial charge in [0.2, 0.25) is 10.0 Å². The molecular formula is C9H18N2O3S2. The minimum absolute atomic E-state index is 0.269. The molecule has 16 heavy (non-hydrogen) atoms. The summed E-state index contributed by atoms with van der Waals surface area (Å²) >= 11 is 1.12. The van der Waals surface area contributed by atoms with E-state index in [4.69, 9.17) is 5.73 Å². The van der Waals surface area contributed by atoms with Crippen LogP contribution < -0.4 is 5.73 Å². The molecule has 0 aromatic heterocycles. The average Bonchev–Trinajstić information content (AvgIpc) is 2.48. The highest BCUT2D eigenvalue weighted by molar-refractivity contribution is 8.15. The first-order valence-electron chi connectivity index (χ1n) is 5.16. The van der Waals surface area contributed by atoms with E-state index in [2.05, 4.69) is 0 Å². The fourth-order valence-corrected chi connectivity index (χ4v) is 5.27. The van der Waals surface area contributed by atoms with E-state index < -0.39 is 20.7 Å². The molecule has 2 atom stereocenters. The third-order valence-electron chi connectivity index (χ3n) is 2.63. The quantitative estimate of drug-likeness (QED) is 0.763. The number of nitrogens with zero attached hydrogens (tertiary/aromatic N) is 1. The van der Waals surface area contributed by atoms with Crippen molar-refractivity contribution in [2.75, 3.05) is 13.1 Å². The summed E-state index contributed by atoms with van der Waals surface area (Å²) in [4.78, 5) is 0.688. The zero-order chi connectivity index (χ0) is 12.5. The van der Waals surface area contributed by atoms with E-state index in [0.29, 0.717) is 18.0 Å². The average molecular weight is 266 g/mol. The number of thioether (sulfide) groups is 1. The Morgan fingerprint density at radius 2 is 1.94 bits per heavy atom. The maximum absolute atomic E-state index is 12.2. The first-order chi connectivity index (χ1) is 7.36. The highest BCUT2D eigenvalue weighted by atomic mass is 32.3. The van der Waals surface area contributed by atoms with Gasteiger partial charge in [0.05, 0.1) is 0 Å². The van der Waals surface area contributed by atoms with E-state index in [1.165, 1.54) is 4.31 Å². The monoisotopic (exact) mass is 266 g/mol. The van der Waals surface area contributed by atoms with Crippen molar-refractivity contribution in [2.24, 2.45) is 5.73 Å². The van der Waals surface area contributed by atoms with Gasteiger partial charge in [-0.1, -0.05) is 13.8 Å². The molecule has 0 spiro atoms. The lowest BCUT2D eigenvalue weighted by Gasteiger charge is -2.24. The highest BCUT2D eigenvalue weighted by Gasteiger charge is 2.42. The van der Waals surface area contributed by atoms with Crippen molar-refractivity contribution in [3.05, 3.63) is 10.6 Å². The van der Waals surface area contributed by atoms with Crippen molar-refractivity contribution in [1.82, 2.24) is 4.31 Å². The second kappa shape index (κ2) is 4.95. The molecule has 1 aliphatic heterocycles. The van der Waals surface area contributed by atoms with Crippen LogP contribution in [0.4, 0.5) is 0 Å². The lowest BCUT2D eigenvalue weighted by atomic mass is 10.3. The molecule has 0 saturated carbocycles. The Morgan fingerprint density at radius 1 is 1.44 bits per heavy atom. The van der Waals surface area contributed by atoms with Gasteiger partial charge in [-0.2, -0.15) is 0 Å². The summed E-state index contributed by atoms with van der Waals surface area (Å²) in [6, 6.07) is 0. The molecule has 0 fully saturated rings. The van der Waals surface area contributed by atoms with Crippen molar-refractivity contribution < 1.29 is 13.5 Å². The van der Waals surface area contributed by atoms with Gasteiger partial charge in [-0.15, -0.1) is 11.8 Å². The van der Waals surface area contributed by atoms with Crippen LogP contribution in [0.3, 0.4) is 0 Å². The number of allylic oxidation sites excluding steroid dienone is 1. The summed E-state index contributed by atoms with van der Waals surface area (Å²) in [5.74, 6) is 0. The van der Waals surface area contributed by atoms with Gasteiger partial charge in [-0.05, 0) is 6.92 Å². The van der Waals surface area contributed by atoms with Crippen molar-refractivity contribution in [3.63, 3.8) is 0 Å². The van der Waals surface area contributed by atoms with Gasteiger partial charge in [0.1, 0.15) is 6.10 Å². The van der Waals surface area contributed by atoms with Crippen molar-refractivity contribution in [1.29, 1.82) is 0 Å². The number of aliphatic hydroxyl groups excluding tert-OH is 1. The molecule has 0 bridgehead atoms. The Balaban J connectivity index is 2.97. The molecule has 5 nitrogen and oxygen atoms in total. The summed E-state index contributed by atoms with van der Waals surface area (Å²) in [5.41, 5.74) is 5.89. The molecule has 1 aliphatic rings. The Hall–Kier alpha value is -0.240. The SMILES string of the molecule is CCN(CC)S(=O)(=O)C1SC(C)=C(N)C1O.